The first-order valence-corrected chi connectivity index (χ1v) is 4.32. The molecule has 1 unspecified atom stereocenters. The summed E-state index contributed by atoms with van der Waals surface area (Å²) in [7, 11) is 0. The van der Waals surface area contributed by atoms with Crippen LogP contribution in [0.1, 0.15) is 12.2 Å². The Kier molecular flexibility index (Phi) is 4.33. The monoisotopic (exact) mass is 209 g/mol. The summed E-state index contributed by atoms with van der Waals surface area (Å²) < 4.78 is 0. The molecule has 15 heavy (non-hydrogen) atoms. The van der Waals surface area contributed by atoms with Crippen molar-refractivity contribution in [2.24, 2.45) is 5.73 Å². The van der Waals surface area contributed by atoms with Gasteiger partial charge in [-0.25, -0.2) is 0 Å². The molecule has 0 spiro atoms. The van der Waals surface area contributed by atoms with Crippen molar-refractivity contribution in [2.75, 3.05) is 6.54 Å². The fraction of sp³-hybridized carbons (Fsp3) is 0.571. The number of carbonyl (C=O) groups is 1. The van der Waals surface area contributed by atoms with Crippen LogP contribution in [0.5, 0.6) is 0 Å². The van der Waals surface area contributed by atoms with E-state index >= 15 is 0 Å². The van der Waals surface area contributed by atoms with Gasteiger partial charge in [-0.15, -0.1) is 10.2 Å². The number of nitrogens with two attached hydrogens (primary N) is 1. The number of tetrazole rings is 1. The molecule has 0 fully saturated rings. The number of nitriles is 1. The van der Waals surface area contributed by atoms with Crippen LogP contribution in [0.2, 0.25) is 0 Å². The molecule has 1 atom stereocenters. The summed E-state index contributed by atoms with van der Waals surface area (Å²) in [6.45, 7) is 0.429. The molecule has 1 heterocycles. The van der Waals surface area contributed by atoms with Gasteiger partial charge in [-0.1, -0.05) is 5.21 Å². The lowest BCUT2D eigenvalue weighted by molar-refractivity contribution is -0.119. The summed E-state index contributed by atoms with van der Waals surface area (Å²) in [5.74, 6) is 0.261. The van der Waals surface area contributed by atoms with E-state index in [2.05, 4.69) is 25.9 Å². The van der Waals surface area contributed by atoms with Crippen LogP contribution >= 0.6 is 0 Å². The largest absolute Gasteiger partial charge is 0.321 e. The molecule has 1 rings (SSSR count). The summed E-state index contributed by atoms with van der Waals surface area (Å²) >= 11 is 0. The van der Waals surface area contributed by atoms with Crippen LogP contribution in [0.15, 0.2) is 0 Å². The minimum absolute atomic E-state index is 0.0305. The first-order valence-electron chi connectivity index (χ1n) is 4.32. The van der Waals surface area contributed by atoms with Gasteiger partial charge in [-0.2, -0.15) is 10.5 Å². The molecule has 0 bridgehead atoms. The third kappa shape index (κ3) is 3.80. The second-order valence-corrected chi connectivity index (χ2v) is 2.87. The maximum atomic E-state index is 11.3. The molecule has 0 aliphatic carbocycles. The number of aromatic amines is 1. The third-order valence-electron chi connectivity index (χ3n) is 1.70. The van der Waals surface area contributed by atoms with Crippen LogP contribution in [-0.4, -0.2) is 39.0 Å². The number of carbonyl (C=O) groups excluding carboxylic acids is 1. The quantitative estimate of drug-likeness (QED) is 0.498. The Hall–Kier alpha value is -1.85. The predicted molar refractivity (Wildman–Crippen MR) is 49.1 cm³/mol. The zero-order valence-corrected chi connectivity index (χ0v) is 7.97. The minimum Gasteiger partial charge on any atom is -0.321 e. The molecular weight excluding hydrogens is 198 g/mol. The Bertz CT molecular complexity index is 341. The molecule has 8 heteroatoms. The Labute approximate surface area is 85.8 Å². The van der Waals surface area contributed by atoms with E-state index in [0.717, 1.165) is 0 Å². The van der Waals surface area contributed by atoms with E-state index in [4.69, 9.17) is 11.0 Å². The zero-order valence-electron chi connectivity index (χ0n) is 7.97. The average Bonchev–Trinajstić information content (AvgIpc) is 2.71. The van der Waals surface area contributed by atoms with Crippen molar-refractivity contribution < 1.29 is 4.79 Å². The van der Waals surface area contributed by atoms with E-state index < -0.39 is 6.04 Å². The van der Waals surface area contributed by atoms with Crippen LogP contribution in [-0.2, 0) is 11.3 Å². The van der Waals surface area contributed by atoms with Crippen LogP contribution in [0.4, 0.5) is 0 Å². The maximum absolute atomic E-state index is 11.3. The van der Waals surface area contributed by atoms with E-state index in [1.54, 1.807) is 0 Å². The van der Waals surface area contributed by atoms with Gasteiger partial charge >= 0.3 is 0 Å². The maximum Gasteiger partial charge on any atom is 0.188 e. The molecule has 4 N–H and O–H groups in total. The second-order valence-electron chi connectivity index (χ2n) is 2.87. The van der Waals surface area contributed by atoms with Gasteiger partial charge < -0.3 is 11.1 Å². The molecule has 0 amide bonds. The molecule has 1 aromatic heterocycles. The molecule has 0 aliphatic rings. The fourth-order valence-electron chi connectivity index (χ4n) is 0.898. The molecule has 1 aromatic rings. The van der Waals surface area contributed by atoms with Gasteiger partial charge in [-0.3, -0.25) is 4.79 Å². The van der Waals surface area contributed by atoms with Crippen LogP contribution in [0.25, 0.3) is 0 Å². The van der Waals surface area contributed by atoms with Gasteiger partial charge in [0.05, 0.1) is 31.6 Å². The van der Waals surface area contributed by atoms with Crippen molar-refractivity contribution in [3.63, 3.8) is 0 Å². The highest BCUT2D eigenvalue weighted by molar-refractivity contribution is 5.85. The summed E-state index contributed by atoms with van der Waals surface area (Å²) in [6.07, 6.45) is 0.0305. The number of nitrogens with one attached hydrogen (secondary N) is 2. The number of rotatable bonds is 6. The minimum atomic E-state index is -0.729. The third-order valence-corrected chi connectivity index (χ3v) is 1.70. The predicted octanol–water partition coefficient (Wildman–Crippen LogP) is -1.90. The van der Waals surface area contributed by atoms with E-state index in [0.29, 0.717) is 12.4 Å². The highest BCUT2D eigenvalue weighted by Gasteiger charge is 2.12. The van der Waals surface area contributed by atoms with Gasteiger partial charge in [0.2, 0.25) is 0 Å². The molecule has 8 nitrogen and oxygen atoms in total. The van der Waals surface area contributed by atoms with E-state index in [-0.39, 0.29) is 18.7 Å². The molecular formula is C7H11N7O. The van der Waals surface area contributed by atoms with Gasteiger partial charge in [0.25, 0.3) is 0 Å². The highest BCUT2D eigenvalue weighted by Crippen LogP contribution is 1.88. The number of ketones is 1. The number of nitrogens with zero attached hydrogens (tertiary/aromatic N) is 4. The van der Waals surface area contributed by atoms with Crippen LogP contribution in [0, 0.1) is 11.3 Å². The summed E-state index contributed by atoms with van der Waals surface area (Å²) in [5.41, 5.74) is 5.43. The first kappa shape index (κ1) is 11.2. The van der Waals surface area contributed by atoms with Crippen molar-refractivity contribution >= 4 is 5.78 Å². The van der Waals surface area contributed by atoms with Crippen molar-refractivity contribution in [1.82, 2.24) is 25.9 Å². The summed E-state index contributed by atoms with van der Waals surface area (Å²) in [6, 6.07) is 1.11. The number of hydrogen-bond donors (Lipinski definition) is 3. The lowest BCUT2D eigenvalue weighted by Crippen LogP contribution is -2.37. The Morgan fingerprint density at radius 2 is 2.53 bits per heavy atom. The summed E-state index contributed by atoms with van der Waals surface area (Å²) in [5, 5.41) is 24.2. The standard InChI is InChI=1S/C7H11N7O/c8-2-1-5(9)6(15)3-10-4-7-11-13-14-12-7/h5,10H,1,3-4,9H2,(H,11,12,13,14). The number of hydrogen-bond acceptors (Lipinski definition) is 7. The normalized spacial score (nSPS) is 12.0. The average molecular weight is 209 g/mol. The highest BCUT2D eigenvalue weighted by atomic mass is 16.1. The molecule has 0 radical (unpaired) electrons. The van der Waals surface area contributed by atoms with Crippen LogP contribution in [0.3, 0.4) is 0 Å². The number of H-pyrrole nitrogens is 1. The van der Waals surface area contributed by atoms with Gasteiger partial charge in [-0.05, 0) is 0 Å². The Balaban J connectivity index is 2.20. The van der Waals surface area contributed by atoms with E-state index in [9.17, 15) is 4.79 Å². The molecule has 0 aliphatic heterocycles. The molecule has 0 aromatic carbocycles. The molecule has 0 saturated heterocycles. The zero-order chi connectivity index (χ0) is 11.1. The number of Topliss-reactive ketones (excluding diaryl/α,β-unsaturated/α-hetero) is 1. The van der Waals surface area contributed by atoms with Crippen LogP contribution < -0.4 is 11.1 Å². The number of aromatic nitrogens is 4. The Morgan fingerprint density at radius 1 is 1.73 bits per heavy atom. The van der Waals surface area contributed by atoms with Crippen molar-refractivity contribution in [1.29, 1.82) is 5.26 Å². The second kappa shape index (κ2) is 5.79. The van der Waals surface area contributed by atoms with Gasteiger partial charge in [0.1, 0.15) is 0 Å². The van der Waals surface area contributed by atoms with Gasteiger partial charge in [0, 0.05) is 0 Å². The molecule has 80 valence electrons. The van der Waals surface area contributed by atoms with Crippen molar-refractivity contribution in [3.05, 3.63) is 5.82 Å². The SMILES string of the molecule is N#CCC(N)C(=O)CNCc1nn[nH]n1. The van der Waals surface area contributed by atoms with E-state index in [1.807, 2.05) is 6.07 Å². The lowest BCUT2D eigenvalue weighted by atomic mass is 10.1. The van der Waals surface area contributed by atoms with Crippen molar-refractivity contribution in [3.8, 4) is 6.07 Å². The smallest absolute Gasteiger partial charge is 0.188 e. The van der Waals surface area contributed by atoms with Gasteiger partial charge in [0.15, 0.2) is 11.6 Å². The molecule has 0 saturated carbocycles. The lowest BCUT2D eigenvalue weighted by Gasteiger charge is -2.05. The summed E-state index contributed by atoms with van der Waals surface area (Å²) in [4.78, 5) is 11.3. The fourth-order valence-corrected chi connectivity index (χ4v) is 0.898. The first-order chi connectivity index (χ1) is 7.24. The topological polar surface area (TPSA) is 133 Å². The van der Waals surface area contributed by atoms with Crippen molar-refractivity contribution in [2.45, 2.75) is 19.0 Å². The Morgan fingerprint density at radius 3 is 3.13 bits per heavy atom. The van der Waals surface area contributed by atoms with E-state index in [1.165, 1.54) is 0 Å².